The maximum atomic E-state index is 15.3. The summed E-state index contributed by atoms with van der Waals surface area (Å²) in [7, 11) is 0. The van der Waals surface area contributed by atoms with Crippen LogP contribution in [0.1, 0.15) is 18.1 Å². The van der Waals surface area contributed by atoms with Gasteiger partial charge in [-0.05, 0) is 21.5 Å². The Kier molecular flexibility index (Phi) is 6.70. The van der Waals surface area contributed by atoms with Gasteiger partial charge in [-0.1, -0.05) is 48.5 Å². The second-order valence-corrected chi connectivity index (χ2v) is 9.24. The van der Waals surface area contributed by atoms with Gasteiger partial charge in [0.2, 0.25) is 0 Å². The number of halogens is 13. The molecule has 0 fully saturated rings. The van der Waals surface area contributed by atoms with E-state index < -0.39 is 114 Å². The van der Waals surface area contributed by atoms with Gasteiger partial charge >= 0.3 is 6.18 Å². The summed E-state index contributed by atoms with van der Waals surface area (Å²) < 4.78 is 187. The van der Waals surface area contributed by atoms with Crippen molar-refractivity contribution in [2.24, 2.45) is 0 Å². The maximum Gasteiger partial charge on any atom is 0.422 e. The number of hydrogen-bond acceptors (Lipinski definition) is 0. The van der Waals surface area contributed by atoms with E-state index >= 15 is 17.6 Å². The molecule has 5 aromatic rings. The fraction of sp³-hybridized carbons (Fsp3) is 0.103. The molecule has 42 heavy (non-hydrogen) atoms. The van der Waals surface area contributed by atoms with Crippen LogP contribution >= 0.6 is 0 Å². The van der Waals surface area contributed by atoms with E-state index in [1.165, 1.54) is 24.3 Å². The molecule has 0 saturated heterocycles. The minimum atomic E-state index is -5.84. The van der Waals surface area contributed by atoms with E-state index in [0.717, 1.165) is 24.3 Å². The average molecular weight is 606 g/mol. The van der Waals surface area contributed by atoms with E-state index in [2.05, 4.69) is 0 Å². The van der Waals surface area contributed by atoms with Crippen LogP contribution in [0.2, 0.25) is 0 Å². The van der Waals surface area contributed by atoms with Gasteiger partial charge in [0, 0.05) is 18.1 Å². The van der Waals surface area contributed by atoms with Crippen LogP contribution in [0.25, 0.3) is 43.8 Å². The van der Waals surface area contributed by atoms with E-state index in [9.17, 15) is 39.5 Å². The lowest BCUT2D eigenvalue weighted by Crippen LogP contribution is -2.17. The Labute approximate surface area is 226 Å². The fourth-order valence-corrected chi connectivity index (χ4v) is 5.00. The Bertz CT molecular complexity index is 1680. The maximum absolute atomic E-state index is 15.3. The Morgan fingerprint density at radius 1 is 0.381 bits per heavy atom. The fourth-order valence-electron chi connectivity index (χ4n) is 5.00. The molecule has 0 aliphatic rings. The van der Waals surface area contributed by atoms with Crippen molar-refractivity contribution in [2.45, 2.75) is 19.0 Å². The third-order valence-corrected chi connectivity index (χ3v) is 6.68. The molecular weight excluding hydrogens is 595 g/mol. The van der Waals surface area contributed by atoms with Crippen LogP contribution < -0.4 is 0 Å². The Morgan fingerprint density at radius 2 is 0.643 bits per heavy atom. The zero-order valence-corrected chi connectivity index (χ0v) is 20.5. The molecule has 0 radical (unpaired) electrons. The zero-order valence-electron chi connectivity index (χ0n) is 20.5. The molecule has 13 heteroatoms. The molecule has 0 heterocycles. The van der Waals surface area contributed by atoms with Crippen molar-refractivity contribution >= 4 is 21.5 Å². The van der Waals surface area contributed by atoms with Crippen LogP contribution in [0, 0.1) is 46.5 Å². The third-order valence-electron chi connectivity index (χ3n) is 6.68. The monoisotopic (exact) mass is 606 g/mol. The van der Waals surface area contributed by atoms with Gasteiger partial charge in [0.25, 0.3) is 5.92 Å². The van der Waals surface area contributed by atoms with Crippen molar-refractivity contribution in [3.63, 3.8) is 0 Å². The van der Waals surface area contributed by atoms with Crippen molar-refractivity contribution < 1.29 is 57.1 Å². The smallest absolute Gasteiger partial charge is 0.203 e. The first kappa shape index (κ1) is 29.2. The molecule has 0 nitrogen and oxygen atoms in total. The van der Waals surface area contributed by atoms with Crippen molar-refractivity contribution in [3.05, 3.63) is 106 Å². The largest absolute Gasteiger partial charge is 0.422 e. The molecule has 0 aliphatic heterocycles. The molecule has 0 amide bonds. The average Bonchev–Trinajstić information content (AvgIpc) is 2.90. The molecular formula is C29H11F13. The highest BCUT2D eigenvalue weighted by Crippen LogP contribution is 2.49. The van der Waals surface area contributed by atoms with Gasteiger partial charge in [-0.15, -0.1) is 0 Å². The van der Waals surface area contributed by atoms with E-state index in [-0.39, 0.29) is 6.92 Å². The number of rotatable bonds is 3. The number of alkyl halides is 5. The van der Waals surface area contributed by atoms with E-state index in [1.54, 1.807) is 0 Å². The molecule has 5 aromatic carbocycles. The van der Waals surface area contributed by atoms with Crippen LogP contribution in [0.4, 0.5) is 57.1 Å². The van der Waals surface area contributed by atoms with Gasteiger partial charge in [0.15, 0.2) is 46.5 Å². The lowest BCUT2D eigenvalue weighted by Gasteiger charge is -2.21. The number of hydrogen-bond donors (Lipinski definition) is 0. The molecule has 5 rings (SSSR count). The first-order valence-electron chi connectivity index (χ1n) is 11.6. The van der Waals surface area contributed by atoms with Gasteiger partial charge in [0.05, 0.1) is 16.7 Å². The molecule has 0 spiro atoms. The minimum absolute atomic E-state index is 0.00193. The Hall–Kier alpha value is -4.29. The van der Waals surface area contributed by atoms with Crippen molar-refractivity contribution in [3.8, 4) is 22.3 Å². The summed E-state index contributed by atoms with van der Waals surface area (Å²) in [5.41, 5.74) is -9.64. The number of benzene rings is 5. The van der Waals surface area contributed by atoms with Gasteiger partial charge in [-0.2, -0.15) is 13.2 Å². The van der Waals surface area contributed by atoms with Crippen molar-refractivity contribution in [1.82, 2.24) is 0 Å². The standard InChI is InChI=1S/C29H11F13/c1-28(38,39)18-24(34)20(30)16(21(31)25(18)35)14-10-6-2-4-8-12(10)15(13-9-5-3-7-11(13)14)17-22(32)26(36)19(29(40,41)42)27(37)23(17)33/h2-9H,1H3. The first-order chi connectivity index (χ1) is 19.5. The summed E-state index contributed by atoms with van der Waals surface area (Å²) in [6.45, 7) is -0.00193. The first-order valence-corrected chi connectivity index (χ1v) is 11.6. The lowest BCUT2D eigenvalue weighted by atomic mass is 9.84. The molecule has 0 aromatic heterocycles. The van der Waals surface area contributed by atoms with Crippen LogP contribution in [-0.2, 0) is 12.1 Å². The van der Waals surface area contributed by atoms with E-state index in [1.807, 2.05) is 0 Å². The van der Waals surface area contributed by atoms with Crippen LogP contribution in [0.5, 0.6) is 0 Å². The van der Waals surface area contributed by atoms with Gasteiger partial charge in [-0.3, -0.25) is 0 Å². The molecule has 0 saturated carbocycles. The van der Waals surface area contributed by atoms with Crippen molar-refractivity contribution in [2.75, 3.05) is 0 Å². The predicted molar refractivity (Wildman–Crippen MR) is 127 cm³/mol. The summed E-state index contributed by atoms with van der Waals surface area (Å²) in [4.78, 5) is 0. The summed E-state index contributed by atoms with van der Waals surface area (Å²) in [6.07, 6.45) is -5.84. The highest BCUT2D eigenvalue weighted by Gasteiger charge is 2.43. The summed E-state index contributed by atoms with van der Waals surface area (Å²) in [6, 6.07) is 8.75. The van der Waals surface area contributed by atoms with Gasteiger partial charge in [0.1, 0.15) is 5.56 Å². The molecule has 0 unspecified atom stereocenters. The molecule has 0 aliphatic carbocycles. The van der Waals surface area contributed by atoms with Crippen LogP contribution in [0.15, 0.2) is 48.5 Å². The third kappa shape index (κ3) is 4.16. The van der Waals surface area contributed by atoms with E-state index in [0.29, 0.717) is 0 Å². The predicted octanol–water partition coefficient (Wildman–Crippen LogP) is 10.6. The van der Waals surface area contributed by atoms with Crippen molar-refractivity contribution in [1.29, 1.82) is 0 Å². The molecule has 0 bridgehead atoms. The Morgan fingerprint density at radius 3 is 0.881 bits per heavy atom. The second-order valence-electron chi connectivity index (χ2n) is 9.24. The summed E-state index contributed by atoms with van der Waals surface area (Å²) in [5.74, 6) is -24.2. The second kappa shape index (κ2) is 9.63. The Balaban J connectivity index is 2.02. The van der Waals surface area contributed by atoms with Crippen LogP contribution in [-0.4, -0.2) is 0 Å². The minimum Gasteiger partial charge on any atom is -0.203 e. The summed E-state index contributed by atoms with van der Waals surface area (Å²) in [5, 5.41) is -1.88. The molecule has 0 atom stereocenters. The summed E-state index contributed by atoms with van der Waals surface area (Å²) >= 11 is 0. The quantitative estimate of drug-likeness (QED) is 0.109. The molecule has 218 valence electrons. The van der Waals surface area contributed by atoms with E-state index in [4.69, 9.17) is 0 Å². The number of fused-ring (bicyclic) bond motifs is 2. The van der Waals surface area contributed by atoms with Gasteiger partial charge < -0.3 is 0 Å². The highest BCUT2D eigenvalue weighted by molar-refractivity contribution is 6.21. The van der Waals surface area contributed by atoms with Crippen LogP contribution in [0.3, 0.4) is 0 Å². The highest BCUT2D eigenvalue weighted by atomic mass is 19.4. The molecule has 0 N–H and O–H groups in total. The van der Waals surface area contributed by atoms with Gasteiger partial charge in [-0.25, -0.2) is 43.9 Å². The topological polar surface area (TPSA) is 0 Å². The SMILES string of the molecule is CC(F)(F)c1c(F)c(F)c(-c2c3ccccc3c(-c3c(F)c(F)c(C(F)(F)F)c(F)c3F)c3ccccc23)c(F)c1F. The zero-order chi connectivity index (χ0) is 31.0. The lowest BCUT2D eigenvalue weighted by molar-refractivity contribution is -0.143. The normalized spacial score (nSPS) is 12.5.